The fourth-order valence-corrected chi connectivity index (χ4v) is 4.88. The Bertz CT molecular complexity index is 644. The maximum Gasteiger partial charge on any atom is 1.00 e. The summed E-state index contributed by atoms with van der Waals surface area (Å²) in [6.07, 6.45) is 28.6. The van der Waals surface area contributed by atoms with Crippen molar-refractivity contribution in [3.05, 3.63) is 29.8 Å². The van der Waals surface area contributed by atoms with Crippen LogP contribution in [-0.2, 0) is 16.5 Å². The summed E-state index contributed by atoms with van der Waals surface area (Å²) in [5.74, 6) is 0. The molecule has 0 amide bonds. The Morgan fingerprint density at radius 2 is 0.848 bits per heavy atom. The van der Waals surface area contributed by atoms with Gasteiger partial charge in [0.25, 0.3) is 0 Å². The monoisotopic (exact) mass is 504 g/mol. The molecule has 0 aliphatic carbocycles. The fraction of sp³-hybridized carbons (Fsp3) is 0.786. The van der Waals surface area contributed by atoms with Gasteiger partial charge in [0.2, 0.25) is 0 Å². The fourth-order valence-electron chi connectivity index (χ4n) is 4.41. The summed E-state index contributed by atoms with van der Waals surface area (Å²) in [6, 6.07) is 6.38. The second kappa shape index (κ2) is 23.2. The summed E-state index contributed by atoms with van der Waals surface area (Å²) < 4.78 is 32.8. The third-order valence-corrected chi connectivity index (χ3v) is 7.38. The number of hydrogen-bond acceptors (Lipinski definition) is 3. The molecule has 0 aliphatic heterocycles. The maximum atomic E-state index is 10.9. The van der Waals surface area contributed by atoms with Gasteiger partial charge in [-0.2, -0.15) is 0 Å². The molecule has 3 nitrogen and oxygen atoms in total. The van der Waals surface area contributed by atoms with Crippen molar-refractivity contribution in [2.75, 3.05) is 0 Å². The minimum atomic E-state index is -4.32. The third kappa shape index (κ3) is 20.6. The van der Waals surface area contributed by atoms with Crippen LogP contribution in [0.1, 0.15) is 141 Å². The zero-order valence-corrected chi connectivity index (χ0v) is 25.7. The van der Waals surface area contributed by atoms with Gasteiger partial charge >= 0.3 is 51.4 Å². The van der Waals surface area contributed by atoms with Crippen LogP contribution >= 0.6 is 0 Å². The first-order valence-electron chi connectivity index (χ1n) is 13.6. The molecule has 186 valence electrons. The summed E-state index contributed by atoms with van der Waals surface area (Å²) in [7, 11) is -4.32. The van der Waals surface area contributed by atoms with Crippen LogP contribution in [0.25, 0.3) is 0 Å². The van der Waals surface area contributed by atoms with Crippen molar-refractivity contribution in [3.8, 4) is 0 Å². The van der Waals surface area contributed by atoms with E-state index in [-0.39, 0.29) is 56.3 Å². The van der Waals surface area contributed by atoms with Crippen molar-refractivity contribution in [2.45, 2.75) is 147 Å². The van der Waals surface area contributed by atoms with Gasteiger partial charge in [0.15, 0.2) is 0 Å². The minimum Gasteiger partial charge on any atom is -0.744 e. The van der Waals surface area contributed by atoms with E-state index in [2.05, 4.69) is 6.92 Å². The average molecular weight is 505 g/mol. The molecule has 0 aromatic heterocycles. The molecule has 1 aromatic carbocycles. The smallest absolute Gasteiger partial charge is 0.744 e. The SMILES string of the molecule is CCCCCCCCCCCCCCCCCCCCCCc1ccc(S(=O)(=O)[O-])cc1.[K+]. The minimum absolute atomic E-state index is 0. The Morgan fingerprint density at radius 3 is 1.15 bits per heavy atom. The summed E-state index contributed by atoms with van der Waals surface area (Å²) >= 11 is 0. The van der Waals surface area contributed by atoms with Gasteiger partial charge in [-0.3, -0.25) is 0 Å². The van der Waals surface area contributed by atoms with Gasteiger partial charge in [-0.15, -0.1) is 0 Å². The van der Waals surface area contributed by atoms with Crippen molar-refractivity contribution in [3.63, 3.8) is 0 Å². The van der Waals surface area contributed by atoms with Crippen molar-refractivity contribution in [1.82, 2.24) is 0 Å². The Labute approximate surface area is 248 Å². The molecule has 0 unspecified atom stereocenters. The van der Waals surface area contributed by atoms with Gasteiger partial charge in [-0.05, 0) is 30.5 Å². The number of hydrogen-bond donors (Lipinski definition) is 0. The molecule has 0 saturated carbocycles. The topological polar surface area (TPSA) is 57.2 Å². The van der Waals surface area contributed by atoms with Gasteiger partial charge < -0.3 is 4.55 Å². The molecule has 0 fully saturated rings. The van der Waals surface area contributed by atoms with Crippen molar-refractivity contribution < 1.29 is 64.4 Å². The van der Waals surface area contributed by atoms with E-state index < -0.39 is 10.1 Å². The Hall–Kier alpha value is 0.766. The predicted octanol–water partition coefficient (Wildman–Crippen LogP) is 5.96. The number of benzene rings is 1. The zero-order chi connectivity index (χ0) is 23.3. The molecule has 0 N–H and O–H groups in total. The standard InChI is InChI=1S/C28H50O3S.K/c1-2-3-4-5-6-7-8-9-10-11-12-13-14-15-16-17-18-19-20-21-22-27-23-25-28(26-24-27)32(29,30)31;/h23-26H,2-22H2,1H3,(H,29,30,31);/q;+1/p-1. The van der Waals surface area contributed by atoms with E-state index in [1.807, 2.05) is 0 Å². The molecular formula is C28H49KO3S. The van der Waals surface area contributed by atoms with E-state index in [1.165, 1.54) is 134 Å². The van der Waals surface area contributed by atoms with Crippen LogP contribution in [0.5, 0.6) is 0 Å². The summed E-state index contributed by atoms with van der Waals surface area (Å²) in [6.45, 7) is 2.28. The van der Waals surface area contributed by atoms with Gasteiger partial charge in [-0.25, -0.2) is 8.42 Å². The van der Waals surface area contributed by atoms with Crippen molar-refractivity contribution in [2.24, 2.45) is 0 Å². The normalized spacial score (nSPS) is 11.5. The van der Waals surface area contributed by atoms with E-state index in [0.717, 1.165) is 18.4 Å². The molecule has 0 bridgehead atoms. The van der Waals surface area contributed by atoms with Crippen LogP contribution in [0.3, 0.4) is 0 Å². The molecule has 1 rings (SSSR count). The third-order valence-electron chi connectivity index (χ3n) is 6.53. The Balaban J connectivity index is 0.0000102. The molecule has 1 aromatic rings. The molecule has 0 saturated heterocycles. The van der Waals surface area contributed by atoms with Crippen LogP contribution in [0, 0.1) is 0 Å². The zero-order valence-electron chi connectivity index (χ0n) is 21.8. The number of unbranched alkanes of at least 4 members (excludes halogenated alkanes) is 19. The van der Waals surface area contributed by atoms with Crippen LogP contribution in [0.15, 0.2) is 29.2 Å². The van der Waals surface area contributed by atoms with Crippen LogP contribution in [0.2, 0.25) is 0 Å². The molecule has 0 aliphatic rings. The first-order valence-corrected chi connectivity index (χ1v) is 15.0. The summed E-state index contributed by atoms with van der Waals surface area (Å²) in [5.41, 5.74) is 1.11. The van der Waals surface area contributed by atoms with Crippen LogP contribution in [0.4, 0.5) is 0 Å². The summed E-state index contributed by atoms with van der Waals surface area (Å²) in [5, 5.41) is 0. The first-order chi connectivity index (χ1) is 15.5. The molecule has 0 atom stereocenters. The molecule has 0 spiro atoms. The van der Waals surface area contributed by atoms with Gasteiger partial charge in [0, 0.05) is 0 Å². The van der Waals surface area contributed by atoms with Gasteiger partial charge in [0.05, 0.1) is 4.90 Å². The van der Waals surface area contributed by atoms with Gasteiger partial charge in [0.1, 0.15) is 10.1 Å². The first kappa shape index (κ1) is 33.8. The molecular weight excluding hydrogens is 455 g/mol. The molecule has 0 radical (unpaired) electrons. The van der Waals surface area contributed by atoms with E-state index in [0.29, 0.717) is 0 Å². The quantitative estimate of drug-likeness (QED) is 0.111. The summed E-state index contributed by atoms with van der Waals surface area (Å²) in [4.78, 5) is -0.134. The predicted molar refractivity (Wildman–Crippen MR) is 136 cm³/mol. The Kier molecular flexibility index (Phi) is 23.7. The molecule has 5 heteroatoms. The second-order valence-corrected chi connectivity index (χ2v) is 10.9. The number of aryl methyl sites for hydroxylation is 1. The van der Waals surface area contributed by atoms with E-state index in [9.17, 15) is 13.0 Å². The van der Waals surface area contributed by atoms with Crippen LogP contribution in [-0.4, -0.2) is 13.0 Å². The van der Waals surface area contributed by atoms with Gasteiger partial charge in [-0.1, -0.05) is 141 Å². The number of rotatable bonds is 22. The van der Waals surface area contributed by atoms with Crippen LogP contribution < -0.4 is 51.4 Å². The maximum absolute atomic E-state index is 10.9. The molecule has 33 heavy (non-hydrogen) atoms. The second-order valence-electron chi connectivity index (χ2n) is 9.57. The van der Waals surface area contributed by atoms with E-state index >= 15 is 0 Å². The molecule has 0 heterocycles. The van der Waals surface area contributed by atoms with Crippen molar-refractivity contribution >= 4 is 10.1 Å². The Morgan fingerprint density at radius 1 is 0.545 bits per heavy atom. The largest absolute Gasteiger partial charge is 1.00 e. The van der Waals surface area contributed by atoms with E-state index in [1.54, 1.807) is 12.1 Å². The average Bonchev–Trinajstić information content (AvgIpc) is 2.77. The van der Waals surface area contributed by atoms with E-state index in [4.69, 9.17) is 0 Å². The van der Waals surface area contributed by atoms with Crippen molar-refractivity contribution in [1.29, 1.82) is 0 Å².